The Bertz CT molecular complexity index is 207. The van der Waals surface area contributed by atoms with Gasteiger partial charge in [-0.05, 0) is 27.2 Å². The van der Waals surface area contributed by atoms with Gasteiger partial charge in [-0.2, -0.15) is 0 Å². The number of carboxylic acid groups (broad SMARTS) is 1. The van der Waals surface area contributed by atoms with Crippen molar-refractivity contribution < 1.29 is 9.90 Å². The number of halogens is 1. The zero-order valence-corrected chi connectivity index (χ0v) is 10.1. The molecule has 0 atom stereocenters. The fourth-order valence-corrected chi connectivity index (χ4v) is 0.863. The number of nitrogens with one attached hydrogen (secondary N) is 1. The molecular weight excluding hydrogens is 202 g/mol. The van der Waals surface area contributed by atoms with Crippen LogP contribution in [0, 0.1) is 0 Å². The van der Waals surface area contributed by atoms with Crippen LogP contribution in [0.4, 0.5) is 0 Å². The first kappa shape index (κ1) is 15.9. The third-order valence-electron chi connectivity index (χ3n) is 1.64. The number of carbonyl (C=O) groups is 1. The Morgan fingerprint density at radius 3 is 2.21 bits per heavy atom. The standard InChI is InChI=1S/C10H19NO2.ClH/c1-5-8(9(12)13)6-7-11-10(2,3)4;/h6,11H,5,7H2,1-4H3,(H,12,13);1H/b8-6+;. The smallest absolute Gasteiger partial charge is 0.331 e. The maximum atomic E-state index is 10.6. The highest BCUT2D eigenvalue weighted by Gasteiger charge is 2.08. The number of hydrogen-bond acceptors (Lipinski definition) is 2. The van der Waals surface area contributed by atoms with Crippen molar-refractivity contribution in [3.05, 3.63) is 11.6 Å². The molecule has 0 aromatic rings. The Kier molecular flexibility index (Phi) is 7.78. The molecule has 0 saturated heterocycles. The third-order valence-corrected chi connectivity index (χ3v) is 1.64. The van der Waals surface area contributed by atoms with Crippen LogP contribution in [-0.4, -0.2) is 23.2 Å². The summed E-state index contributed by atoms with van der Waals surface area (Å²) in [6.45, 7) is 8.60. The van der Waals surface area contributed by atoms with E-state index in [0.717, 1.165) is 0 Å². The van der Waals surface area contributed by atoms with Crippen LogP contribution in [-0.2, 0) is 4.79 Å². The van der Waals surface area contributed by atoms with Gasteiger partial charge in [-0.1, -0.05) is 13.0 Å². The van der Waals surface area contributed by atoms with Crippen LogP contribution in [0.3, 0.4) is 0 Å². The fourth-order valence-electron chi connectivity index (χ4n) is 0.863. The Hall–Kier alpha value is -0.540. The maximum absolute atomic E-state index is 10.6. The average Bonchev–Trinajstić information content (AvgIpc) is 1.95. The molecule has 0 heterocycles. The Labute approximate surface area is 92.0 Å². The molecule has 0 aliphatic heterocycles. The second kappa shape index (κ2) is 6.85. The van der Waals surface area contributed by atoms with Crippen molar-refractivity contribution in [2.75, 3.05) is 6.54 Å². The highest BCUT2D eigenvalue weighted by atomic mass is 35.5. The van der Waals surface area contributed by atoms with Crippen LogP contribution in [0.2, 0.25) is 0 Å². The molecule has 0 unspecified atom stereocenters. The van der Waals surface area contributed by atoms with E-state index in [2.05, 4.69) is 5.32 Å². The summed E-state index contributed by atoms with van der Waals surface area (Å²) in [7, 11) is 0. The minimum absolute atomic E-state index is 0. The quantitative estimate of drug-likeness (QED) is 0.716. The van der Waals surface area contributed by atoms with Crippen molar-refractivity contribution in [2.45, 2.75) is 39.7 Å². The second-order valence-corrected chi connectivity index (χ2v) is 4.02. The predicted molar refractivity (Wildman–Crippen MR) is 61.0 cm³/mol. The fraction of sp³-hybridized carbons (Fsp3) is 0.700. The van der Waals surface area contributed by atoms with E-state index in [9.17, 15) is 4.79 Å². The molecule has 14 heavy (non-hydrogen) atoms. The SMILES string of the molecule is CC/C(=C\CNC(C)(C)C)C(=O)O.Cl. The molecule has 0 bridgehead atoms. The topological polar surface area (TPSA) is 49.3 Å². The zero-order valence-electron chi connectivity index (χ0n) is 9.26. The van der Waals surface area contributed by atoms with Gasteiger partial charge in [-0.15, -0.1) is 12.4 Å². The molecule has 0 aliphatic rings. The first-order chi connectivity index (χ1) is 5.87. The normalized spacial score (nSPS) is 12.1. The van der Waals surface area contributed by atoms with Crippen molar-refractivity contribution in [3.63, 3.8) is 0 Å². The summed E-state index contributed by atoms with van der Waals surface area (Å²) in [6.07, 6.45) is 2.30. The van der Waals surface area contributed by atoms with Gasteiger partial charge in [-0.3, -0.25) is 0 Å². The molecule has 0 aliphatic carbocycles. The van der Waals surface area contributed by atoms with E-state index in [-0.39, 0.29) is 17.9 Å². The van der Waals surface area contributed by atoms with Crippen molar-refractivity contribution in [1.82, 2.24) is 5.32 Å². The number of carboxylic acids is 1. The van der Waals surface area contributed by atoms with Gasteiger partial charge < -0.3 is 10.4 Å². The number of aliphatic carboxylic acids is 1. The molecule has 0 spiro atoms. The van der Waals surface area contributed by atoms with E-state index in [1.165, 1.54) is 0 Å². The van der Waals surface area contributed by atoms with Crippen molar-refractivity contribution in [2.24, 2.45) is 0 Å². The molecule has 0 radical (unpaired) electrons. The van der Waals surface area contributed by atoms with E-state index >= 15 is 0 Å². The molecule has 0 amide bonds. The van der Waals surface area contributed by atoms with Gasteiger partial charge in [-0.25, -0.2) is 4.79 Å². The summed E-state index contributed by atoms with van der Waals surface area (Å²) in [6, 6.07) is 0. The lowest BCUT2D eigenvalue weighted by Gasteiger charge is -2.19. The average molecular weight is 222 g/mol. The minimum atomic E-state index is -0.821. The van der Waals surface area contributed by atoms with Gasteiger partial charge in [0.05, 0.1) is 0 Å². The van der Waals surface area contributed by atoms with E-state index in [0.29, 0.717) is 18.5 Å². The zero-order chi connectivity index (χ0) is 10.5. The van der Waals surface area contributed by atoms with E-state index in [4.69, 9.17) is 5.11 Å². The van der Waals surface area contributed by atoms with Crippen LogP contribution in [0.15, 0.2) is 11.6 Å². The first-order valence-corrected chi connectivity index (χ1v) is 4.54. The molecule has 0 aromatic heterocycles. The second-order valence-electron chi connectivity index (χ2n) is 4.02. The predicted octanol–water partition coefficient (Wildman–Crippen LogP) is 2.22. The summed E-state index contributed by atoms with van der Waals surface area (Å²) in [4.78, 5) is 10.6. The Morgan fingerprint density at radius 1 is 1.43 bits per heavy atom. The highest BCUT2D eigenvalue weighted by Crippen LogP contribution is 2.01. The van der Waals surface area contributed by atoms with E-state index in [1.807, 2.05) is 27.7 Å². The van der Waals surface area contributed by atoms with Crippen LogP contribution in [0.25, 0.3) is 0 Å². The van der Waals surface area contributed by atoms with Gasteiger partial charge in [0.15, 0.2) is 0 Å². The monoisotopic (exact) mass is 221 g/mol. The Morgan fingerprint density at radius 2 is 1.93 bits per heavy atom. The van der Waals surface area contributed by atoms with Crippen LogP contribution < -0.4 is 5.32 Å². The summed E-state index contributed by atoms with van der Waals surface area (Å²) in [5.74, 6) is -0.821. The Balaban J connectivity index is 0. The summed E-state index contributed by atoms with van der Waals surface area (Å²) < 4.78 is 0. The molecule has 4 heteroatoms. The maximum Gasteiger partial charge on any atom is 0.331 e. The number of rotatable bonds is 4. The molecule has 0 fully saturated rings. The van der Waals surface area contributed by atoms with Gasteiger partial charge in [0.2, 0.25) is 0 Å². The van der Waals surface area contributed by atoms with Gasteiger partial charge in [0.25, 0.3) is 0 Å². The van der Waals surface area contributed by atoms with Crippen molar-refractivity contribution in [3.8, 4) is 0 Å². The van der Waals surface area contributed by atoms with E-state index < -0.39 is 5.97 Å². The summed E-state index contributed by atoms with van der Waals surface area (Å²) >= 11 is 0. The molecule has 0 aromatic carbocycles. The van der Waals surface area contributed by atoms with Crippen LogP contribution in [0.1, 0.15) is 34.1 Å². The van der Waals surface area contributed by atoms with Crippen LogP contribution >= 0.6 is 12.4 Å². The lowest BCUT2D eigenvalue weighted by Crippen LogP contribution is -2.35. The van der Waals surface area contributed by atoms with Crippen LogP contribution in [0.5, 0.6) is 0 Å². The molecule has 84 valence electrons. The first-order valence-electron chi connectivity index (χ1n) is 4.54. The summed E-state index contributed by atoms with van der Waals surface area (Å²) in [5.41, 5.74) is 0.505. The number of hydrogen-bond donors (Lipinski definition) is 2. The molecule has 3 nitrogen and oxygen atoms in total. The lowest BCUT2D eigenvalue weighted by atomic mass is 10.1. The largest absolute Gasteiger partial charge is 0.478 e. The van der Waals surface area contributed by atoms with E-state index in [1.54, 1.807) is 6.08 Å². The van der Waals surface area contributed by atoms with Gasteiger partial charge in [0.1, 0.15) is 0 Å². The molecule has 0 saturated carbocycles. The van der Waals surface area contributed by atoms with Gasteiger partial charge in [0, 0.05) is 17.7 Å². The highest BCUT2D eigenvalue weighted by molar-refractivity contribution is 5.86. The van der Waals surface area contributed by atoms with Crippen molar-refractivity contribution in [1.29, 1.82) is 0 Å². The molecule has 0 rings (SSSR count). The third kappa shape index (κ3) is 8.08. The molecular formula is C10H20ClNO2. The van der Waals surface area contributed by atoms with Gasteiger partial charge >= 0.3 is 5.97 Å². The lowest BCUT2D eigenvalue weighted by molar-refractivity contribution is -0.132. The summed E-state index contributed by atoms with van der Waals surface area (Å²) in [5, 5.41) is 11.9. The molecule has 2 N–H and O–H groups in total. The van der Waals surface area contributed by atoms with Crippen molar-refractivity contribution >= 4 is 18.4 Å². The minimum Gasteiger partial charge on any atom is -0.478 e.